The molecule has 6 unspecified atom stereocenters. The van der Waals surface area contributed by atoms with Crippen molar-refractivity contribution in [3.05, 3.63) is 74.2 Å². The standard InChI is InChI=1S/C20H22F2N10O8P2S3.2C19H21F2N11O8P2S3/c21-9-8-4-37-42(35,44)39-13-7(38-18(10(13)22)31-5-26-11-6(23)1-2-25-15(11)31)3-36-41(34,43)40-14(9)19(45-8)32-16-12(29-30-32)17(33)28-20(24)27-16;2*20-8-7-4-37-42(35,44)39-12-6(38-17(9(12)21)31-14-10(27-29-31)5(22)1-2-24-14)3-36-41(34,43)40-13(8)18(45-7)32-15-11(28-30-32)16(33)26-19(23)25-15/h1-2,5,7-10,13-14,18-19H,3-4H2,(H2,23,25)(H,34,43)(H,35,44)(H3,24,27,28,33);2*1-2,6-9,12-13,17-18H,3-4H2,(H2,22,24)(H,34,43)(H,35,44)(H3,23,25,26,33)/t7-,8-,9-,10+,13-,14-,18-,19-,41?,42?;2*6-,7-,8-,9+,12-,13-,17-,18-,41?,42?/m111/s1. The number of hydrogen-bond donors (Lipinski definition) is 15. The van der Waals surface area contributed by atoms with E-state index in [4.69, 9.17) is 162 Å². The maximum absolute atomic E-state index is 16.0. The molecule has 0 radical (unpaired) electrons. The van der Waals surface area contributed by atoms with Crippen LogP contribution in [0, 0.1) is 0 Å². The Morgan fingerprint density at radius 1 is 0.378 bits per heavy atom. The summed E-state index contributed by atoms with van der Waals surface area (Å²) in [5.74, 6) is -0.756. The van der Waals surface area contributed by atoms with Crippen LogP contribution in [0.15, 0.2) is 57.5 Å². The number of nitrogens with two attached hydrogens (primary N) is 6. The fourth-order valence-electron chi connectivity index (χ4n) is 15.3. The van der Waals surface area contributed by atoms with Crippen molar-refractivity contribution in [3.63, 3.8) is 0 Å². The van der Waals surface area contributed by atoms with E-state index in [-0.39, 0.29) is 90.7 Å². The molecule has 726 valence electrons. The number of anilines is 6. The molecule has 0 saturated carbocycles. The highest BCUT2D eigenvalue weighted by atomic mass is 32.7. The Balaban J connectivity index is 0.000000130. The topological polar surface area (TPSA) is 760 Å². The molecular formula is C58H64F6N32O24P6S9. The number of thioether (sulfide) groups is 3. The molecule has 56 nitrogen and oxygen atoms in total. The highest BCUT2D eigenvalue weighted by Crippen LogP contribution is 2.63. The Labute approximate surface area is 787 Å². The van der Waals surface area contributed by atoms with E-state index < -0.39 is 239 Å². The quantitative estimate of drug-likeness (QED) is 0.0634. The van der Waals surface area contributed by atoms with E-state index in [2.05, 4.69) is 114 Å². The van der Waals surface area contributed by atoms with Gasteiger partial charge < -0.3 is 95.7 Å². The number of fused-ring (bicyclic) bond motifs is 15. The zero-order chi connectivity index (χ0) is 95.5. The van der Waals surface area contributed by atoms with Gasteiger partial charge in [0.05, 0.1) is 78.8 Å². The van der Waals surface area contributed by atoms with E-state index in [1.54, 1.807) is 0 Å². The number of hydrogen-bond acceptors (Lipinski definition) is 50. The summed E-state index contributed by atoms with van der Waals surface area (Å²) in [5.41, 5.74) is 33.7. The average molecular weight is 2180 g/mol. The second-order valence-electron chi connectivity index (χ2n) is 30.0. The summed E-state index contributed by atoms with van der Waals surface area (Å²) < 4.78 is 200. The molecule has 21 heterocycles. The molecule has 0 aromatic carbocycles. The molecule has 77 heteroatoms. The van der Waals surface area contributed by atoms with Crippen molar-refractivity contribution in [2.75, 3.05) is 74.0 Å². The van der Waals surface area contributed by atoms with Gasteiger partial charge in [0, 0.05) is 18.6 Å². The Morgan fingerprint density at radius 2 is 0.674 bits per heavy atom. The lowest BCUT2D eigenvalue weighted by Gasteiger charge is -2.27. The molecule has 0 aliphatic carbocycles. The number of imidazole rings is 1. The third-order valence-electron chi connectivity index (χ3n) is 21.4. The van der Waals surface area contributed by atoms with Crippen LogP contribution >= 0.6 is 87.9 Å². The van der Waals surface area contributed by atoms with Gasteiger partial charge in [0.2, 0.25) is 17.8 Å². The molecule has 0 spiro atoms. The maximum Gasteiger partial charge on any atom is 0.386 e. The van der Waals surface area contributed by atoms with Gasteiger partial charge in [-0.15, -0.1) is 60.8 Å². The lowest BCUT2D eigenvalue weighted by molar-refractivity contribution is -0.0494. The van der Waals surface area contributed by atoms with Crippen molar-refractivity contribution in [1.82, 2.24) is 129 Å². The fourth-order valence-corrected chi connectivity index (χ4v) is 28.8. The summed E-state index contributed by atoms with van der Waals surface area (Å²) in [4.78, 5) is 127. The third kappa shape index (κ3) is 19.0. The molecule has 12 aromatic heterocycles. The molecule has 30 atom stereocenters. The SMILES string of the molecule is Nc1nc2c(nnn2[C@@H]2S[C@@H]3COP(=O)(S)O[C@H]4[C@H](F)[C@H](n5nnc6c(N)ccnc65)O[C@@H]4COP(O)(=S)O[C@@H]2[C@@H]3F)c(=O)[nH]1.Nc1nc2c(nnn2[C@@H]2S[C@@H]3COP(O)(=S)O[C@H]4[C@H](F)[C@H](n5cnc6c(N)ccnc65)O[C@@H]4COP(O)(=S)O[C@@H]2[C@@H]3F)c(=O)[nH]1.Nc1nc2c(nnn2[C@@H]2S[C@@H]3COP(O)(=S)O[C@H]4[C@H](F)[C@H](n5nnc6c(N)ccnc65)O[C@@H]4COP(O)(=S)O[C@@H]2[C@@H]3F)c(=O)[nH]1. The molecule has 12 aromatic rings. The minimum atomic E-state index is -4.41. The predicted molar refractivity (Wildman–Crippen MR) is 479 cm³/mol. The number of aromatic nitrogens is 26. The van der Waals surface area contributed by atoms with Gasteiger partial charge in [0.15, 0.2) is 98.7 Å². The number of H-pyrrole nitrogens is 3. The summed E-state index contributed by atoms with van der Waals surface area (Å²) in [6.45, 7) is -29.5. The van der Waals surface area contributed by atoms with Crippen LogP contribution in [0.25, 0.3) is 67.0 Å². The van der Waals surface area contributed by atoms with Crippen molar-refractivity contribution < 1.29 is 124 Å². The second-order valence-corrected chi connectivity index (χ2v) is 50.9. The van der Waals surface area contributed by atoms with E-state index in [1.807, 2.05) is 0 Å². The van der Waals surface area contributed by atoms with E-state index >= 15 is 26.3 Å². The molecule has 9 aliphatic rings. The lowest BCUT2D eigenvalue weighted by atomic mass is 10.1. The normalized spacial score (nSPS) is 37.7. The van der Waals surface area contributed by atoms with Crippen LogP contribution in [-0.4, -0.2) is 301 Å². The molecule has 20 N–H and O–H groups in total. The zero-order valence-corrected chi connectivity index (χ0v) is 79.3. The lowest BCUT2D eigenvalue weighted by Crippen LogP contribution is -2.34. The molecule has 21 rings (SSSR count). The molecule has 9 aliphatic heterocycles. The first-order chi connectivity index (χ1) is 63.9. The number of aromatic amines is 3. The Hall–Kier alpha value is -6.98. The van der Waals surface area contributed by atoms with Crippen molar-refractivity contribution in [2.45, 2.75) is 143 Å². The molecular weight excluding hydrogens is 2120 g/mol. The van der Waals surface area contributed by atoms with Crippen LogP contribution in [0.4, 0.5) is 61.2 Å². The van der Waals surface area contributed by atoms with E-state index in [1.165, 1.54) is 47.7 Å². The van der Waals surface area contributed by atoms with E-state index in [0.717, 1.165) is 58.7 Å². The van der Waals surface area contributed by atoms with E-state index in [0.29, 0.717) is 11.2 Å². The predicted octanol–water partition coefficient (Wildman–Crippen LogP) is 1.30. The number of thiol groups is 1. The second kappa shape index (κ2) is 37.2. The number of pyridine rings is 3. The van der Waals surface area contributed by atoms with Gasteiger partial charge in [-0.3, -0.25) is 65.6 Å². The van der Waals surface area contributed by atoms with Gasteiger partial charge in [-0.25, -0.2) is 64.9 Å². The zero-order valence-electron chi connectivity index (χ0n) is 66.5. The Bertz CT molecular complexity index is 6510. The van der Waals surface area contributed by atoms with Crippen LogP contribution in [0.3, 0.4) is 0 Å². The van der Waals surface area contributed by atoms with Crippen molar-refractivity contribution in [2.24, 2.45) is 0 Å². The van der Waals surface area contributed by atoms with Crippen LogP contribution in [0.2, 0.25) is 0 Å². The highest BCUT2D eigenvalue weighted by Gasteiger charge is 2.59. The summed E-state index contributed by atoms with van der Waals surface area (Å²) in [6, 6.07) is 4.49. The number of nitrogens with one attached hydrogen (secondary N) is 3. The average Bonchev–Trinajstić information content (AvgIpc) is 1.63. The van der Waals surface area contributed by atoms with Crippen LogP contribution in [0.1, 0.15) is 34.8 Å². The van der Waals surface area contributed by atoms with Crippen molar-refractivity contribution in [1.29, 1.82) is 0 Å². The number of rotatable bonds is 6. The van der Waals surface area contributed by atoms with Gasteiger partial charge in [-0.2, -0.15) is 24.3 Å². The molecule has 135 heavy (non-hydrogen) atoms. The number of halogens is 6. The Morgan fingerprint density at radius 3 is 1.04 bits per heavy atom. The van der Waals surface area contributed by atoms with Crippen LogP contribution < -0.4 is 51.1 Å². The maximum atomic E-state index is 16.0. The highest BCUT2D eigenvalue weighted by molar-refractivity contribution is 8.44. The first-order valence-corrected chi connectivity index (χ1v) is 56.9. The van der Waals surface area contributed by atoms with Gasteiger partial charge in [0.1, 0.15) is 95.1 Å². The molecule has 9 fully saturated rings. The number of ether oxygens (including phenoxy) is 3. The fraction of sp³-hybridized carbons (Fsp3) is 0.517. The third-order valence-corrected chi connectivity index (χ3v) is 35.2. The van der Waals surface area contributed by atoms with E-state index in [9.17, 15) is 43.4 Å². The van der Waals surface area contributed by atoms with Crippen LogP contribution in [0.5, 0.6) is 0 Å². The van der Waals surface area contributed by atoms with Crippen molar-refractivity contribution >= 4 is 249 Å². The number of nitrogens with zero attached hydrogens (tertiary/aromatic N) is 23. The number of alkyl halides is 6. The largest absolute Gasteiger partial charge is 0.397 e. The minimum Gasteiger partial charge on any atom is -0.397 e. The molecule has 9 saturated heterocycles. The summed E-state index contributed by atoms with van der Waals surface area (Å²) >= 11 is 32.5. The summed E-state index contributed by atoms with van der Waals surface area (Å²) in [6.07, 6.45) is -24.6. The molecule has 6 bridgehead atoms. The monoisotopic (exact) mass is 2180 g/mol. The van der Waals surface area contributed by atoms with Crippen molar-refractivity contribution in [3.8, 4) is 0 Å². The van der Waals surface area contributed by atoms with Gasteiger partial charge in [-0.05, 0) is 77.2 Å². The first-order valence-electron chi connectivity index (χ1n) is 38.5. The van der Waals surface area contributed by atoms with Gasteiger partial charge >= 0.3 is 40.4 Å². The number of nitrogen functional groups attached to an aromatic ring is 6. The van der Waals surface area contributed by atoms with Crippen LogP contribution in [-0.2, 0) is 132 Å². The smallest absolute Gasteiger partial charge is 0.386 e. The minimum absolute atomic E-state index is 0.0887. The summed E-state index contributed by atoms with van der Waals surface area (Å²) in [7, 11) is 0. The van der Waals surface area contributed by atoms with Gasteiger partial charge in [0.25, 0.3) is 16.7 Å². The Kier molecular flexibility index (Phi) is 26.7. The van der Waals surface area contributed by atoms with Gasteiger partial charge in [-0.1, -0.05) is 38.3 Å². The summed E-state index contributed by atoms with van der Waals surface area (Å²) in [5, 5.41) is 32.0. The first kappa shape index (κ1) is 96.9. The molecule has 0 amide bonds.